The van der Waals surface area contributed by atoms with Crippen molar-refractivity contribution in [3.05, 3.63) is 68.4 Å². The molecule has 0 amide bonds. The first-order valence-corrected chi connectivity index (χ1v) is 8.01. The highest BCUT2D eigenvalue weighted by atomic mass is 79.9. The molecular weight excluding hydrogens is 403 g/mol. The van der Waals surface area contributed by atoms with Crippen LogP contribution in [0.4, 0.5) is 4.39 Å². The van der Waals surface area contributed by atoms with Gasteiger partial charge in [0.2, 0.25) is 0 Å². The van der Waals surface area contributed by atoms with E-state index in [4.69, 9.17) is 0 Å². The van der Waals surface area contributed by atoms with Crippen LogP contribution in [0.15, 0.2) is 51.4 Å². The van der Waals surface area contributed by atoms with E-state index in [1.165, 1.54) is 6.07 Å². The van der Waals surface area contributed by atoms with Gasteiger partial charge in [-0.05, 0) is 41.8 Å². The highest BCUT2D eigenvalue weighted by molar-refractivity contribution is 9.10. The van der Waals surface area contributed by atoms with Gasteiger partial charge in [-0.15, -0.1) is 0 Å². The molecule has 0 aliphatic carbocycles. The summed E-state index contributed by atoms with van der Waals surface area (Å²) in [7, 11) is 0. The zero-order valence-electron chi connectivity index (χ0n) is 11.2. The molecule has 2 N–H and O–H groups in total. The van der Waals surface area contributed by atoms with E-state index in [9.17, 15) is 14.6 Å². The number of benzene rings is 2. The molecule has 0 radical (unpaired) electrons. The number of rotatable bonds is 5. The topological polar surface area (TPSA) is 40.5 Å². The molecule has 5 heteroatoms. The van der Waals surface area contributed by atoms with Gasteiger partial charge in [0.15, 0.2) is 0 Å². The highest BCUT2D eigenvalue weighted by Gasteiger charge is 2.32. The van der Waals surface area contributed by atoms with Crippen molar-refractivity contribution in [2.45, 2.75) is 11.8 Å². The first-order valence-electron chi connectivity index (χ1n) is 6.42. The average Bonchev–Trinajstić information content (AvgIpc) is 2.48. The van der Waals surface area contributed by atoms with Crippen LogP contribution >= 0.6 is 31.9 Å². The Morgan fingerprint density at radius 1 is 0.905 bits per heavy atom. The minimum Gasteiger partial charge on any atom is -0.395 e. The number of hydrogen-bond donors (Lipinski definition) is 2. The summed E-state index contributed by atoms with van der Waals surface area (Å²) < 4.78 is 15.6. The zero-order chi connectivity index (χ0) is 15.5. The van der Waals surface area contributed by atoms with Crippen LogP contribution in [0.25, 0.3) is 0 Å². The Labute approximate surface area is 139 Å². The number of aliphatic hydroxyl groups is 2. The van der Waals surface area contributed by atoms with Crippen molar-refractivity contribution in [2.24, 2.45) is 0 Å². The quantitative estimate of drug-likeness (QED) is 0.776. The van der Waals surface area contributed by atoms with Gasteiger partial charge in [-0.1, -0.05) is 50.1 Å². The summed E-state index contributed by atoms with van der Waals surface area (Å²) in [6.07, 6.45) is 0.223. The summed E-state index contributed by atoms with van der Waals surface area (Å²) in [4.78, 5) is 0. The van der Waals surface area contributed by atoms with Gasteiger partial charge in [-0.3, -0.25) is 0 Å². The smallest absolute Gasteiger partial charge is 0.127 e. The lowest BCUT2D eigenvalue weighted by atomic mass is 9.77. The van der Waals surface area contributed by atoms with E-state index in [2.05, 4.69) is 31.9 Å². The van der Waals surface area contributed by atoms with Crippen LogP contribution in [0.5, 0.6) is 0 Å². The molecule has 0 aromatic heterocycles. The van der Waals surface area contributed by atoms with Crippen molar-refractivity contribution >= 4 is 31.9 Å². The first-order chi connectivity index (χ1) is 10.0. The lowest BCUT2D eigenvalue weighted by molar-refractivity contribution is 0.115. The van der Waals surface area contributed by atoms with Crippen molar-refractivity contribution in [3.63, 3.8) is 0 Å². The summed E-state index contributed by atoms with van der Waals surface area (Å²) in [6.45, 7) is -0.527. The van der Waals surface area contributed by atoms with Gasteiger partial charge >= 0.3 is 0 Å². The SMILES string of the molecule is OCC(CO)(Cc1ccc(Br)cc1F)c1ccc(Br)cc1. The molecule has 0 fully saturated rings. The van der Waals surface area contributed by atoms with Crippen molar-refractivity contribution in [2.75, 3.05) is 13.2 Å². The molecule has 0 atom stereocenters. The molecule has 0 aliphatic heterocycles. The van der Waals surface area contributed by atoms with Crippen molar-refractivity contribution in [1.29, 1.82) is 0 Å². The molecular formula is C16H15Br2FO2. The van der Waals surface area contributed by atoms with Gasteiger partial charge in [-0.25, -0.2) is 4.39 Å². The Balaban J connectivity index is 2.40. The fourth-order valence-corrected chi connectivity index (χ4v) is 2.88. The first kappa shape index (κ1) is 16.6. The molecule has 0 aliphatic rings. The van der Waals surface area contributed by atoms with Gasteiger partial charge in [0.25, 0.3) is 0 Å². The van der Waals surface area contributed by atoms with E-state index in [1.807, 2.05) is 24.3 Å². The maximum Gasteiger partial charge on any atom is 0.127 e. The summed E-state index contributed by atoms with van der Waals surface area (Å²) in [5.74, 6) is -0.354. The van der Waals surface area contributed by atoms with Gasteiger partial charge in [0.1, 0.15) is 5.82 Å². The molecule has 0 unspecified atom stereocenters. The fraction of sp³-hybridized carbons (Fsp3) is 0.250. The number of halogens is 3. The summed E-state index contributed by atoms with van der Waals surface area (Å²) in [5.41, 5.74) is 0.331. The standard InChI is InChI=1S/C16H15Br2FO2/c17-13-5-2-12(3-6-13)16(9-20,10-21)8-11-1-4-14(18)7-15(11)19/h1-7,20-21H,8-10H2. The normalized spacial score (nSPS) is 11.7. The fourth-order valence-electron chi connectivity index (χ4n) is 2.28. The van der Waals surface area contributed by atoms with E-state index in [0.29, 0.717) is 10.0 Å². The number of hydrogen-bond acceptors (Lipinski definition) is 2. The van der Waals surface area contributed by atoms with Crippen LogP contribution in [0, 0.1) is 5.82 Å². The Hall–Kier alpha value is -0.750. The van der Waals surface area contributed by atoms with E-state index in [0.717, 1.165) is 10.0 Å². The largest absolute Gasteiger partial charge is 0.395 e. The van der Waals surface area contributed by atoms with E-state index in [1.54, 1.807) is 12.1 Å². The van der Waals surface area contributed by atoms with Gasteiger partial charge in [0.05, 0.1) is 13.2 Å². The molecule has 0 saturated heterocycles. The molecule has 21 heavy (non-hydrogen) atoms. The minimum atomic E-state index is -0.907. The lowest BCUT2D eigenvalue weighted by Gasteiger charge is -2.31. The second kappa shape index (κ2) is 7.01. The Morgan fingerprint density at radius 3 is 2.00 bits per heavy atom. The van der Waals surface area contributed by atoms with Crippen LogP contribution in [0.2, 0.25) is 0 Å². The third kappa shape index (κ3) is 3.72. The van der Waals surface area contributed by atoms with E-state index >= 15 is 0 Å². The third-order valence-corrected chi connectivity index (χ3v) is 4.63. The molecule has 0 spiro atoms. The Morgan fingerprint density at radius 2 is 1.48 bits per heavy atom. The predicted molar refractivity (Wildman–Crippen MR) is 87.8 cm³/mol. The molecule has 2 rings (SSSR count). The summed E-state index contributed by atoms with van der Waals surface area (Å²) in [5, 5.41) is 19.6. The summed E-state index contributed by atoms with van der Waals surface area (Å²) >= 11 is 6.57. The second-order valence-electron chi connectivity index (χ2n) is 5.02. The Bertz CT molecular complexity index is 610. The van der Waals surface area contributed by atoms with Gasteiger partial charge in [-0.2, -0.15) is 0 Å². The van der Waals surface area contributed by atoms with E-state index in [-0.39, 0.29) is 25.5 Å². The van der Waals surface area contributed by atoms with Crippen molar-refractivity contribution < 1.29 is 14.6 Å². The molecule has 112 valence electrons. The van der Waals surface area contributed by atoms with Crippen LogP contribution < -0.4 is 0 Å². The van der Waals surface area contributed by atoms with Crippen LogP contribution in [0.3, 0.4) is 0 Å². The zero-order valence-corrected chi connectivity index (χ0v) is 14.4. The molecule has 2 aromatic carbocycles. The Kier molecular flexibility index (Phi) is 5.54. The predicted octanol–water partition coefficient (Wildman–Crippen LogP) is 3.82. The maximum absolute atomic E-state index is 14.0. The molecule has 0 saturated carbocycles. The second-order valence-corrected chi connectivity index (χ2v) is 6.85. The van der Waals surface area contributed by atoms with Crippen molar-refractivity contribution in [3.8, 4) is 0 Å². The molecule has 0 heterocycles. The average molecular weight is 418 g/mol. The third-order valence-electron chi connectivity index (χ3n) is 3.61. The minimum absolute atomic E-state index is 0.223. The van der Waals surface area contributed by atoms with Crippen LogP contribution in [-0.4, -0.2) is 23.4 Å². The van der Waals surface area contributed by atoms with Crippen molar-refractivity contribution in [1.82, 2.24) is 0 Å². The molecule has 0 bridgehead atoms. The number of aliphatic hydroxyl groups excluding tert-OH is 2. The van der Waals surface area contributed by atoms with Gasteiger partial charge < -0.3 is 10.2 Å². The molecule has 2 nitrogen and oxygen atoms in total. The van der Waals surface area contributed by atoms with Gasteiger partial charge in [0, 0.05) is 14.4 Å². The highest BCUT2D eigenvalue weighted by Crippen LogP contribution is 2.30. The lowest BCUT2D eigenvalue weighted by Crippen LogP contribution is -2.37. The maximum atomic E-state index is 14.0. The van der Waals surface area contributed by atoms with E-state index < -0.39 is 5.41 Å². The van der Waals surface area contributed by atoms with Crippen LogP contribution in [0.1, 0.15) is 11.1 Å². The summed E-state index contributed by atoms with van der Waals surface area (Å²) in [6, 6.07) is 12.1. The monoisotopic (exact) mass is 416 g/mol. The van der Waals surface area contributed by atoms with Crippen LogP contribution in [-0.2, 0) is 11.8 Å². The molecule has 2 aromatic rings.